The molecule has 1 fully saturated rings. The van der Waals surface area contributed by atoms with Gasteiger partial charge in [-0.05, 0) is 82.9 Å². The summed E-state index contributed by atoms with van der Waals surface area (Å²) in [6, 6.07) is 37.5. The van der Waals surface area contributed by atoms with Crippen molar-refractivity contribution in [2.75, 3.05) is 24.9 Å². The van der Waals surface area contributed by atoms with Crippen LogP contribution in [-0.4, -0.2) is 43.7 Å². The molecule has 0 aromatic heterocycles. The number of benzene rings is 5. The zero-order valence-electron chi connectivity index (χ0n) is 32.8. The Morgan fingerprint density at radius 3 is 2.00 bits per heavy atom. The first-order valence-corrected chi connectivity index (χ1v) is 24.3. The van der Waals surface area contributed by atoms with Gasteiger partial charge in [-0.15, -0.1) is 0 Å². The van der Waals surface area contributed by atoms with Crippen LogP contribution in [0.5, 0.6) is 5.75 Å². The van der Waals surface area contributed by atoms with Crippen LogP contribution in [0.15, 0.2) is 127 Å². The van der Waals surface area contributed by atoms with Crippen molar-refractivity contribution in [1.82, 2.24) is 0 Å². The van der Waals surface area contributed by atoms with Crippen LogP contribution in [0.3, 0.4) is 0 Å². The standard InChI is InChI=1S/C44H49FNO7PSSi/c1-44(2,3)56(6,7)53-40(33-18-23-35(45)24-19-33)30-55(49)42-41(46(43(42)47)36-16-12-9-13-17-36)38-27-22-34(28-39(38)52-29-31-14-10-8-11-15-31)32-20-25-37(26-21-32)54(48,50-4)51-5/h8-28,40-42H,29-30H2,1-7H3/t40-,41-,42-,55?/m1/s1. The number of anilines is 1. The van der Waals surface area contributed by atoms with E-state index in [2.05, 4.69) is 33.9 Å². The Labute approximate surface area is 333 Å². The van der Waals surface area contributed by atoms with Crippen LogP contribution < -0.4 is 14.9 Å². The molecule has 0 saturated carbocycles. The van der Waals surface area contributed by atoms with Gasteiger partial charge in [0.05, 0.1) is 23.2 Å². The Kier molecular flexibility index (Phi) is 12.6. The van der Waals surface area contributed by atoms with Crippen LogP contribution in [0.1, 0.15) is 49.6 Å². The van der Waals surface area contributed by atoms with Crippen molar-refractivity contribution < 1.29 is 36.2 Å². The van der Waals surface area contributed by atoms with Crippen LogP contribution >= 0.6 is 7.60 Å². The fraction of sp³-hybridized carbons (Fsp3) is 0.295. The molecule has 1 heterocycles. The van der Waals surface area contributed by atoms with Crippen LogP contribution in [0, 0.1) is 5.82 Å². The number of ether oxygens (including phenoxy) is 1. The Bertz CT molecular complexity index is 2190. The third-order valence-corrected chi connectivity index (χ3v) is 18.8. The first-order chi connectivity index (χ1) is 26.7. The van der Waals surface area contributed by atoms with Crippen LogP contribution in [-0.2, 0) is 40.2 Å². The van der Waals surface area contributed by atoms with Gasteiger partial charge in [0.2, 0.25) is 5.91 Å². The molecule has 0 radical (unpaired) electrons. The number of halogens is 1. The van der Waals surface area contributed by atoms with E-state index in [1.807, 2.05) is 91.0 Å². The molecule has 6 rings (SSSR count). The largest absolute Gasteiger partial charge is 0.489 e. The molecule has 12 heteroatoms. The van der Waals surface area contributed by atoms with Gasteiger partial charge in [0.15, 0.2) is 8.32 Å². The van der Waals surface area contributed by atoms with Gasteiger partial charge in [0, 0.05) is 36.3 Å². The molecular weight excluding hydrogens is 765 g/mol. The zero-order chi connectivity index (χ0) is 40.3. The van der Waals surface area contributed by atoms with E-state index >= 15 is 0 Å². The summed E-state index contributed by atoms with van der Waals surface area (Å²) >= 11 is 0. The average Bonchev–Trinajstić information content (AvgIpc) is 3.19. The second-order valence-corrected chi connectivity index (χ2v) is 23.9. The van der Waals surface area contributed by atoms with Gasteiger partial charge in [-0.1, -0.05) is 106 Å². The van der Waals surface area contributed by atoms with Gasteiger partial charge in [0.25, 0.3) is 0 Å². The van der Waals surface area contributed by atoms with Gasteiger partial charge in [-0.25, -0.2) is 4.39 Å². The third-order valence-electron chi connectivity index (χ3n) is 10.7. The van der Waals surface area contributed by atoms with E-state index in [1.54, 1.807) is 29.2 Å². The molecule has 1 saturated heterocycles. The monoisotopic (exact) mass is 813 g/mol. The van der Waals surface area contributed by atoms with Gasteiger partial charge in [-0.3, -0.25) is 13.6 Å². The number of carbonyl (C=O) groups excluding carboxylic acids is 1. The summed E-state index contributed by atoms with van der Waals surface area (Å²) in [5.41, 5.74) is 4.70. The SMILES string of the molecule is COP(=O)(OC)c1ccc(-c2ccc([C@@H]3[C@@H](S(=O)C[C@@H](O[Si](C)(C)C(C)(C)C)c4ccc(F)cc4)C(=O)N3c3ccccc3)c(OCc3ccccc3)c2)cc1. The maximum atomic E-state index is 14.8. The highest BCUT2D eigenvalue weighted by Crippen LogP contribution is 2.48. The molecule has 1 amide bonds. The summed E-state index contributed by atoms with van der Waals surface area (Å²) in [4.78, 5) is 16.0. The summed E-state index contributed by atoms with van der Waals surface area (Å²) in [5.74, 6) is -0.0615. The van der Waals surface area contributed by atoms with Crippen LogP contribution in [0.2, 0.25) is 18.1 Å². The zero-order valence-corrected chi connectivity index (χ0v) is 35.5. The Hall–Kier alpha value is -4.22. The molecule has 0 bridgehead atoms. The highest BCUT2D eigenvalue weighted by molar-refractivity contribution is 7.86. The number of β-lactam (4-membered cyclic amide) rings is 1. The molecule has 5 aromatic rings. The number of amides is 1. The summed E-state index contributed by atoms with van der Waals surface area (Å²) < 4.78 is 65.7. The smallest absolute Gasteiger partial charge is 0.360 e. The lowest BCUT2D eigenvalue weighted by atomic mass is 9.90. The molecule has 0 N–H and O–H groups in total. The molecular formula is C44H49FNO7PSSi. The highest BCUT2D eigenvalue weighted by atomic mass is 32.2. The van der Waals surface area contributed by atoms with E-state index in [1.165, 1.54) is 26.4 Å². The summed E-state index contributed by atoms with van der Waals surface area (Å²) in [6.07, 6.45) is -0.623. The Morgan fingerprint density at radius 1 is 0.821 bits per heavy atom. The minimum Gasteiger partial charge on any atom is -0.489 e. The first kappa shape index (κ1) is 41.4. The molecule has 1 aliphatic rings. The second kappa shape index (κ2) is 17.1. The molecule has 1 unspecified atom stereocenters. The molecule has 56 heavy (non-hydrogen) atoms. The molecule has 1 aliphatic heterocycles. The number of para-hydroxylation sites is 1. The van der Waals surface area contributed by atoms with E-state index in [-0.39, 0.29) is 29.1 Å². The van der Waals surface area contributed by atoms with E-state index in [4.69, 9.17) is 18.2 Å². The lowest BCUT2D eigenvalue weighted by Crippen LogP contribution is -2.61. The maximum absolute atomic E-state index is 14.8. The van der Waals surface area contributed by atoms with Crippen LogP contribution in [0.4, 0.5) is 10.1 Å². The number of hydrogen-bond donors (Lipinski definition) is 0. The summed E-state index contributed by atoms with van der Waals surface area (Å²) in [6.45, 7) is 10.9. The highest BCUT2D eigenvalue weighted by Gasteiger charge is 2.54. The topological polar surface area (TPSA) is 91.4 Å². The predicted octanol–water partition coefficient (Wildman–Crippen LogP) is 10.2. The number of carbonyl (C=O) groups is 1. The van der Waals surface area contributed by atoms with Crippen LogP contribution in [0.25, 0.3) is 11.1 Å². The minimum absolute atomic E-state index is 0.0467. The fourth-order valence-electron chi connectivity index (χ4n) is 6.50. The van der Waals surface area contributed by atoms with Crippen molar-refractivity contribution in [1.29, 1.82) is 0 Å². The van der Waals surface area contributed by atoms with Gasteiger partial charge in [0.1, 0.15) is 23.4 Å². The van der Waals surface area contributed by atoms with E-state index in [0.29, 0.717) is 27.9 Å². The van der Waals surface area contributed by atoms with E-state index < -0.39 is 44.1 Å². The molecule has 4 atom stereocenters. The number of rotatable bonds is 15. The second-order valence-electron chi connectivity index (χ2n) is 15.3. The molecule has 294 valence electrons. The summed E-state index contributed by atoms with van der Waals surface area (Å²) in [5, 5.41) is -0.634. The third kappa shape index (κ3) is 8.84. The van der Waals surface area contributed by atoms with Crippen molar-refractivity contribution in [3.8, 4) is 16.9 Å². The molecule has 8 nitrogen and oxygen atoms in total. The van der Waals surface area contributed by atoms with E-state index in [9.17, 15) is 18.0 Å². The van der Waals surface area contributed by atoms with Crippen molar-refractivity contribution in [2.24, 2.45) is 0 Å². The average molecular weight is 814 g/mol. The van der Waals surface area contributed by atoms with Crippen molar-refractivity contribution in [3.05, 3.63) is 150 Å². The summed E-state index contributed by atoms with van der Waals surface area (Å²) in [7, 11) is -4.88. The lowest BCUT2D eigenvalue weighted by Gasteiger charge is -2.47. The van der Waals surface area contributed by atoms with Gasteiger partial charge >= 0.3 is 7.60 Å². The fourth-order valence-corrected chi connectivity index (χ4v) is 10.6. The first-order valence-electron chi connectivity index (χ1n) is 18.5. The van der Waals surface area contributed by atoms with Gasteiger partial charge < -0.3 is 23.1 Å². The van der Waals surface area contributed by atoms with Crippen molar-refractivity contribution in [2.45, 2.75) is 62.9 Å². The minimum atomic E-state index is -3.44. The molecule has 5 aromatic carbocycles. The van der Waals surface area contributed by atoms with E-state index in [0.717, 1.165) is 16.7 Å². The van der Waals surface area contributed by atoms with Crippen molar-refractivity contribution in [3.63, 3.8) is 0 Å². The van der Waals surface area contributed by atoms with Gasteiger partial charge in [-0.2, -0.15) is 0 Å². The predicted molar refractivity (Wildman–Crippen MR) is 225 cm³/mol. The van der Waals surface area contributed by atoms with Crippen molar-refractivity contribution >= 4 is 43.6 Å². The molecule has 0 aliphatic carbocycles. The lowest BCUT2D eigenvalue weighted by molar-refractivity contribution is -0.123. The number of hydrogen-bond acceptors (Lipinski definition) is 7. The molecule has 0 spiro atoms. The maximum Gasteiger partial charge on any atom is 0.360 e. The Morgan fingerprint density at radius 2 is 1.41 bits per heavy atom. The number of nitrogens with zero attached hydrogens (tertiary/aromatic N) is 1. The quantitative estimate of drug-likeness (QED) is 0.0591. The Balaban J connectivity index is 1.41. The normalized spacial score (nSPS) is 17.3.